The minimum atomic E-state index is -0.0193. The summed E-state index contributed by atoms with van der Waals surface area (Å²) in [6.45, 7) is 0. The Morgan fingerprint density at radius 2 is 1.32 bits per heavy atom. The highest BCUT2D eigenvalue weighted by atomic mass is 16.5. The summed E-state index contributed by atoms with van der Waals surface area (Å²) in [6, 6.07) is 32.8. The molecule has 0 radical (unpaired) electrons. The zero-order chi connectivity index (χ0) is 23.3. The van der Waals surface area contributed by atoms with Gasteiger partial charge >= 0.3 is 0 Å². The van der Waals surface area contributed by atoms with E-state index in [1.54, 1.807) is 12.1 Å². The Morgan fingerprint density at radius 1 is 0.735 bits per heavy atom. The summed E-state index contributed by atoms with van der Waals surface area (Å²) in [4.78, 5) is 8.29. The summed E-state index contributed by atoms with van der Waals surface area (Å²) in [5.74, 6) is 0.776. The van der Waals surface area contributed by atoms with Gasteiger partial charge in [0, 0.05) is 17.2 Å². The van der Waals surface area contributed by atoms with Crippen molar-refractivity contribution in [3.63, 3.8) is 0 Å². The van der Waals surface area contributed by atoms with E-state index in [0.717, 1.165) is 28.2 Å². The zero-order valence-corrected chi connectivity index (χ0v) is 18.5. The topological polar surface area (TPSA) is 82.9 Å². The van der Waals surface area contributed by atoms with Crippen LogP contribution in [0.5, 0.6) is 11.5 Å². The molecule has 0 fully saturated rings. The molecule has 0 atom stereocenters. The second-order valence-corrected chi connectivity index (χ2v) is 7.62. The van der Waals surface area contributed by atoms with E-state index in [2.05, 4.69) is 15.2 Å². The summed E-state index contributed by atoms with van der Waals surface area (Å²) in [5, 5.41) is 19.6. The Kier molecular flexibility index (Phi) is 5.86. The van der Waals surface area contributed by atoms with Gasteiger partial charge in [0.25, 0.3) is 0 Å². The molecule has 4 aromatic carbocycles. The van der Waals surface area contributed by atoms with Crippen molar-refractivity contribution in [3.05, 3.63) is 103 Å². The number of phenols is 1. The lowest BCUT2D eigenvalue weighted by Crippen LogP contribution is -1.88. The fourth-order valence-corrected chi connectivity index (χ4v) is 3.72. The molecule has 0 bridgehead atoms. The van der Waals surface area contributed by atoms with E-state index in [9.17, 15) is 5.11 Å². The number of hydrogen-bond acceptors (Lipinski definition) is 5. The summed E-state index contributed by atoms with van der Waals surface area (Å²) in [7, 11) is 1.50. The molecule has 0 aliphatic heterocycles. The van der Waals surface area contributed by atoms with Crippen LogP contribution in [0.4, 0.5) is 11.4 Å². The Balaban J connectivity index is 1.65. The lowest BCUT2D eigenvalue weighted by atomic mass is 10.1. The minimum Gasteiger partial charge on any atom is -0.504 e. The van der Waals surface area contributed by atoms with Gasteiger partial charge in [0.2, 0.25) is 0 Å². The fourth-order valence-electron chi connectivity index (χ4n) is 3.72. The number of methoxy groups -OCH3 is 1. The molecule has 6 nitrogen and oxygen atoms in total. The van der Waals surface area contributed by atoms with Crippen LogP contribution in [0, 0.1) is 0 Å². The van der Waals surface area contributed by atoms with E-state index in [-0.39, 0.29) is 5.75 Å². The summed E-state index contributed by atoms with van der Waals surface area (Å²) in [6.07, 6.45) is 0. The third-order valence-corrected chi connectivity index (χ3v) is 5.39. The first-order valence-electron chi connectivity index (χ1n) is 10.8. The first-order chi connectivity index (χ1) is 16.7. The van der Waals surface area contributed by atoms with E-state index in [1.165, 1.54) is 7.11 Å². The van der Waals surface area contributed by atoms with Crippen LogP contribution in [-0.2, 0) is 0 Å². The number of nitrogens with zero attached hydrogens (tertiary/aromatic N) is 3. The number of H-pyrrole nitrogens is 1. The Labute approximate surface area is 197 Å². The van der Waals surface area contributed by atoms with Crippen LogP contribution in [0.2, 0.25) is 0 Å². The normalized spacial score (nSPS) is 11.1. The molecular weight excluding hydrogens is 424 g/mol. The molecule has 0 saturated carbocycles. The van der Waals surface area contributed by atoms with E-state index < -0.39 is 0 Å². The van der Waals surface area contributed by atoms with Crippen LogP contribution in [0.15, 0.2) is 113 Å². The molecule has 1 heterocycles. The van der Waals surface area contributed by atoms with Crippen molar-refractivity contribution in [2.45, 2.75) is 0 Å². The second-order valence-electron chi connectivity index (χ2n) is 7.62. The number of aromatic amines is 1. The van der Waals surface area contributed by atoms with Gasteiger partial charge in [0.1, 0.15) is 5.82 Å². The summed E-state index contributed by atoms with van der Waals surface area (Å²) < 4.78 is 5.41. The van der Waals surface area contributed by atoms with E-state index in [1.807, 2.05) is 91.0 Å². The number of aromatic nitrogens is 2. The number of imidazole rings is 1. The highest BCUT2D eigenvalue weighted by Crippen LogP contribution is 2.42. The molecule has 5 rings (SSSR count). The lowest BCUT2D eigenvalue weighted by molar-refractivity contribution is 0.374. The zero-order valence-electron chi connectivity index (χ0n) is 18.5. The van der Waals surface area contributed by atoms with Gasteiger partial charge in [0.15, 0.2) is 11.5 Å². The lowest BCUT2D eigenvalue weighted by Gasteiger charge is -2.08. The maximum Gasteiger partial charge on any atom is 0.168 e. The van der Waals surface area contributed by atoms with Crippen molar-refractivity contribution in [2.75, 3.05) is 7.11 Å². The largest absolute Gasteiger partial charge is 0.504 e. The van der Waals surface area contributed by atoms with Crippen molar-refractivity contribution in [2.24, 2.45) is 10.2 Å². The van der Waals surface area contributed by atoms with Crippen LogP contribution < -0.4 is 4.74 Å². The molecular formula is C28H22N4O2. The number of hydrogen-bond donors (Lipinski definition) is 2. The minimum absolute atomic E-state index is 0.0193. The molecule has 0 aliphatic carbocycles. The standard InChI is InChI=1S/C28H22N4O2/c1-34-24-18-22(32-31-21-15-9-4-10-16-21)17-23(27(24)33)28-29-25(19-11-5-2-6-12-19)26(30-28)20-13-7-3-8-14-20/h2-18,33H,1H3,(H,29,30). The predicted molar refractivity (Wildman–Crippen MR) is 134 cm³/mol. The van der Waals surface area contributed by atoms with Crippen molar-refractivity contribution in [1.29, 1.82) is 0 Å². The molecule has 5 aromatic rings. The maximum atomic E-state index is 10.9. The number of ether oxygens (including phenoxy) is 1. The Bertz CT molecular complexity index is 1370. The third kappa shape index (κ3) is 4.29. The quantitative estimate of drug-likeness (QED) is 0.264. The number of phenolic OH excluding ortho intramolecular Hbond substituents is 1. The van der Waals surface area contributed by atoms with Gasteiger partial charge in [-0.3, -0.25) is 0 Å². The second kappa shape index (κ2) is 9.42. The highest BCUT2D eigenvalue weighted by Gasteiger charge is 2.20. The molecule has 34 heavy (non-hydrogen) atoms. The maximum absolute atomic E-state index is 10.9. The van der Waals surface area contributed by atoms with Crippen LogP contribution in [0.3, 0.4) is 0 Å². The van der Waals surface area contributed by atoms with Gasteiger partial charge in [0.05, 0.1) is 35.4 Å². The number of nitrogens with one attached hydrogen (secondary N) is 1. The van der Waals surface area contributed by atoms with Crippen molar-refractivity contribution < 1.29 is 9.84 Å². The number of azo groups is 1. The van der Waals surface area contributed by atoms with Gasteiger partial charge in [-0.05, 0) is 18.2 Å². The summed E-state index contributed by atoms with van der Waals surface area (Å²) in [5.41, 5.74) is 5.34. The monoisotopic (exact) mass is 446 g/mol. The molecule has 166 valence electrons. The van der Waals surface area contributed by atoms with Crippen molar-refractivity contribution >= 4 is 11.4 Å². The molecule has 2 N–H and O–H groups in total. The molecule has 6 heteroatoms. The fraction of sp³-hybridized carbons (Fsp3) is 0.0357. The van der Waals surface area contributed by atoms with Crippen LogP contribution in [0.1, 0.15) is 0 Å². The van der Waals surface area contributed by atoms with E-state index in [0.29, 0.717) is 22.8 Å². The summed E-state index contributed by atoms with van der Waals surface area (Å²) >= 11 is 0. The predicted octanol–water partition coefficient (Wildman–Crippen LogP) is 7.54. The van der Waals surface area contributed by atoms with Gasteiger partial charge in [-0.2, -0.15) is 10.2 Å². The van der Waals surface area contributed by atoms with Gasteiger partial charge in [-0.15, -0.1) is 0 Å². The highest BCUT2D eigenvalue weighted by molar-refractivity contribution is 5.83. The van der Waals surface area contributed by atoms with Crippen molar-refractivity contribution in [1.82, 2.24) is 9.97 Å². The average Bonchev–Trinajstić information content (AvgIpc) is 3.35. The van der Waals surface area contributed by atoms with Crippen LogP contribution in [-0.4, -0.2) is 22.2 Å². The van der Waals surface area contributed by atoms with Crippen LogP contribution >= 0.6 is 0 Å². The van der Waals surface area contributed by atoms with Crippen LogP contribution in [0.25, 0.3) is 33.9 Å². The van der Waals surface area contributed by atoms with Crippen molar-refractivity contribution in [3.8, 4) is 45.4 Å². The van der Waals surface area contributed by atoms with Gasteiger partial charge < -0.3 is 14.8 Å². The Hall–Kier alpha value is -4.71. The van der Waals surface area contributed by atoms with E-state index in [4.69, 9.17) is 9.72 Å². The number of aromatic hydroxyl groups is 1. The Morgan fingerprint density at radius 3 is 1.97 bits per heavy atom. The molecule has 0 spiro atoms. The smallest absolute Gasteiger partial charge is 0.168 e. The van der Waals surface area contributed by atoms with Gasteiger partial charge in [-0.1, -0.05) is 78.9 Å². The first-order valence-corrected chi connectivity index (χ1v) is 10.8. The molecule has 1 aromatic heterocycles. The average molecular weight is 447 g/mol. The molecule has 0 aliphatic rings. The number of benzene rings is 4. The first kappa shape index (κ1) is 21.2. The van der Waals surface area contributed by atoms with E-state index >= 15 is 0 Å². The molecule has 0 amide bonds. The molecule has 0 saturated heterocycles. The van der Waals surface area contributed by atoms with Gasteiger partial charge in [-0.25, -0.2) is 4.98 Å². The SMILES string of the molecule is COc1cc(N=Nc2ccccc2)cc(-c2nc(-c3ccccc3)c(-c3ccccc3)[nH]2)c1O. The third-order valence-electron chi connectivity index (χ3n) is 5.39. The molecule has 0 unspecified atom stereocenters. The number of rotatable bonds is 6.